The van der Waals surface area contributed by atoms with E-state index in [-0.39, 0.29) is 89.7 Å². The summed E-state index contributed by atoms with van der Waals surface area (Å²) < 4.78 is 11.3. The molecular formula is C36H56NO7+. The number of piperidine rings is 1. The van der Waals surface area contributed by atoms with Gasteiger partial charge < -0.3 is 14.8 Å². The molecule has 0 amide bonds. The van der Waals surface area contributed by atoms with Gasteiger partial charge in [0, 0.05) is 68.6 Å². The van der Waals surface area contributed by atoms with Crippen LogP contribution in [-0.4, -0.2) is 54.6 Å². The predicted molar refractivity (Wildman–Crippen MR) is 164 cm³/mol. The number of carbonyl (C=O) groups is 5. The summed E-state index contributed by atoms with van der Waals surface area (Å²) in [6.07, 6.45) is 8.22. The average Bonchev–Trinajstić information content (AvgIpc) is 3.34. The van der Waals surface area contributed by atoms with Crippen molar-refractivity contribution in [3.05, 3.63) is 0 Å². The minimum atomic E-state index is -0.544. The molecule has 5 rings (SSSR count). The van der Waals surface area contributed by atoms with Gasteiger partial charge in [-0.2, -0.15) is 0 Å². The Morgan fingerprint density at radius 2 is 1.68 bits per heavy atom. The summed E-state index contributed by atoms with van der Waals surface area (Å²) in [5.74, 6) is 1.06. The SMILES string of the molecule is C[C@H](CCC(=O)OCCCC(=O)OC(C)(C)C1CC[NH2+]CC1)[C@H]1CC[C@H]2[C@@H]3C(=O)C[C@@H]4CC(=O)CC[C@]4(C)[C@H]3CC(=O)[C@]12C. The van der Waals surface area contributed by atoms with Crippen molar-refractivity contribution in [3.8, 4) is 0 Å². The van der Waals surface area contributed by atoms with Crippen molar-refractivity contribution in [2.24, 2.45) is 52.3 Å². The van der Waals surface area contributed by atoms with Gasteiger partial charge in [-0.3, -0.25) is 24.0 Å². The minimum absolute atomic E-state index is 0.0470. The number of ether oxygens (including phenoxy) is 2. The number of fused-ring (bicyclic) bond motifs is 5. The van der Waals surface area contributed by atoms with Crippen molar-refractivity contribution in [3.63, 3.8) is 0 Å². The van der Waals surface area contributed by atoms with E-state index in [4.69, 9.17) is 9.47 Å². The molecule has 0 spiro atoms. The number of esters is 2. The molecule has 5 aliphatic rings. The summed E-state index contributed by atoms with van der Waals surface area (Å²) in [5, 5.41) is 2.30. The third-order valence-electron chi connectivity index (χ3n) is 13.3. The largest absolute Gasteiger partial charge is 0.466 e. The number of quaternary nitrogens is 1. The number of ketones is 3. The number of hydrogen-bond acceptors (Lipinski definition) is 7. The molecule has 0 radical (unpaired) electrons. The van der Waals surface area contributed by atoms with Gasteiger partial charge in [0.15, 0.2) is 0 Å². The lowest BCUT2D eigenvalue weighted by atomic mass is 9.44. The minimum Gasteiger partial charge on any atom is -0.466 e. The summed E-state index contributed by atoms with van der Waals surface area (Å²) in [6, 6.07) is 0. The summed E-state index contributed by atoms with van der Waals surface area (Å²) in [4.78, 5) is 64.9. The van der Waals surface area contributed by atoms with E-state index in [0.717, 1.165) is 45.2 Å². The normalized spacial score (nSPS) is 36.7. The van der Waals surface area contributed by atoms with E-state index in [1.807, 2.05) is 13.8 Å². The Morgan fingerprint density at radius 1 is 0.955 bits per heavy atom. The first-order chi connectivity index (χ1) is 20.8. The molecule has 0 aromatic heterocycles. The molecule has 0 aromatic rings. The molecule has 246 valence electrons. The highest BCUT2D eigenvalue weighted by Crippen LogP contribution is 2.66. The van der Waals surface area contributed by atoms with Crippen LogP contribution in [0.1, 0.15) is 118 Å². The molecule has 0 unspecified atom stereocenters. The monoisotopic (exact) mass is 614 g/mol. The highest BCUT2D eigenvalue weighted by molar-refractivity contribution is 5.93. The predicted octanol–water partition coefficient (Wildman–Crippen LogP) is 4.61. The van der Waals surface area contributed by atoms with Gasteiger partial charge in [0.1, 0.15) is 23.0 Å². The summed E-state index contributed by atoms with van der Waals surface area (Å²) in [7, 11) is 0. The molecule has 4 aliphatic carbocycles. The molecule has 4 saturated carbocycles. The topological polar surface area (TPSA) is 120 Å². The van der Waals surface area contributed by atoms with Crippen LogP contribution in [0.25, 0.3) is 0 Å². The summed E-state index contributed by atoms with van der Waals surface area (Å²) >= 11 is 0. The van der Waals surface area contributed by atoms with Gasteiger partial charge in [-0.15, -0.1) is 0 Å². The van der Waals surface area contributed by atoms with Crippen LogP contribution in [0.5, 0.6) is 0 Å². The molecule has 8 nitrogen and oxygen atoms in total. The molecule has 8 atom stereocenters. The van der Waals surface area contributed by atoms with Crippen molar-refractivity contribution >= 4 is 29.3 Å². The first kappa shape index (κ1) is 33.3. The van der Waals surface area contributed by atoms with Gasteiger partial charge in [0.05, 0.1) is 19.7 Å². The fraction of sp³-hybridized carbons (Fsp3) is 0.861. The van der Waals surface area contributed by atoms with Gasteiger partial charge in [-0.05, 0) is 81.0 Å². The Kier molecular flexibility index (Phi) is 9.80. The zero-order chi connectivity index (χ0) is 31.9. The molecular weight excluding hydrogens is 558 g/mol. The van der Waals surface area contributed by atoms with Gasteiger partial charge >= 0.3 is 11.9 Å². The maximum absolute atomic E-state index is 14.0. The van der Waals surface area contributed by atoms with E-state index in [0.29, 0.717) is 44.4 Å². The Labute approximate surface area is 263 Å². The van der Waals surface area contributed by atoms with Crippen LogP contribution in [0.15, 0.2) is 0 Å². The standard InChI is InChI=1S/C36H55NO7/c1-22(8-11-31(41)43-18-6-7-32(42)44-34(2,3)23-13-16-37-17-14-23)26-9-10-27-33-28(21-30(40)36(26,27)5)35(4)15-12-25(38)19-24(35)20-29(33)39/h22-24,26-28,33,37H,6-21H2,1-5H3/p+1/t22-,24+,26-,27+,28+,33+,35+,36-/m1/s1. The number of nitrogens with two attached hydrogens (primary N) is 1. The highest BCUT2D eigenvalue weighted by Gasteiger charge is 2.66. The molecule has 8 heteroatoms. The molecule has 0 bridgehead atoms. The van der Waals surface area contributed by atoms with Crippen LogP contribution in [-0.2, 0) is 33.4 Å². The van der Waals surface area contributed by atoms with Crippen molar-refractivity contribution in [1.82, 2.24) is 0 Å². The molecule has 1 heterocycles. The maximum atomic E-state index is 14.0. The molecule has 1 aliphatic heterocycles. The average molecular weight is 615 g/mol. The Hall–Kier alpha value is -2.09. The number of rotatable bonds is 10. The van der Waals surface area contributed by atoms with E-state index in [2.05, 4.69) is 26.1 Å². The van der Waals surface area contributed by atoms with Crippen LogP contribution in [0, 0.1) is 52.3 Å². The fourth-order valence-electron chi connectivity index (χ4n) is 10.5. The van der Waals surface area contributed by atoms with E-state index in [1.165, 1.54) is 0 Å². The number of carbonyl (C=O) groups excluding carboxylic acids is 5. The van der Waals surface area contributed by atoms with E-state index >= 15 is 0 Å². The Balaban J connectivity index is 1.09. The van der Waals surface area contributed by atoms with Crippen LogP contribution >= 0.6 is 0 Å². The fourth-order valence-corrected chi connectivity index (χ4v) is 10.5. The first-order valence-electron chi connectivity index (χ1n) is 17.5. The molecule has 5 fully saturated rings. The zero-order valence-electron chi connectivity index (χ0n) is 27.8. The second-order valence-electron chi connectivity index (χ2n) is 16.0. The van der Waals surface area contributed by atoms with Gasteiger partial charge in [0.25, 0.3) is 0 Å². The second-order valence-corrected chi connectivity index (χ2v) is 16.0. The number of Topliss-reactive ketones (excluding diaryl/α,β-unsaturated/α-hetero) is 3. The van der Waals surface area contributed by atoms with Gasteiger partial charge in [-0.1, -0.05) is 20.8 Å². The lowest BCUT2D eigenvalue weighted by Crippen LogP contribution is -2.86. The van der Waals surface area contributed by atoms with Crippen LogP contribution in [0.2, 0.25) is 0 Å². The highest BCUT2D eigenvalue weighted by atomic mass is 16.6. The number of hydrogen-bond donors (Lipinski definition) is 1. The van der Waals surface area contributed by atoms with Gasteiger partial charge in [0.2, 0.25) is 0 Å². The van der Waals surface area contributed by atoms with Crippen LogP contribution < -0.4 is 5.32 Å². The van der Waals surface area contributed by atoms with Crippen LogP contribution in [0.4, 0.5) is 0 Å². The van der Waals surface area contributed by atoms with E-state index in [9.17, 15) is 24.0 Å². The van der Waals surface area contributed by atoms with Crippen molar-refractivity contribution in [2.45, 2.75) is 124 Å². The quantitative estimate of drug-likeness (QED) is 0.282. The van der Waals surface area contributed by atoms with Crippen molar-refractivity contribution < 1.29 is 38.8 Å². The third-order valence-corrected chi connectivity index (χ3v) is 13.3. The van der Waals surface area contributed by atoms with E-state index < -0.39 is 11.0 Å². The van der Waals surface area contributed by atoms with Gasteiger partial charge in [-0.25, -0.2) is 0 Å². The summed E-state index contributed by atoms with van der Waals surface area (Å²) in [5.41, 5.74) is -1.13. The van der Waals surface area contributed by atoms with E-state index in [1.54, 1.807) is 0 Å². The molecule has 1 saturated heterocycles. The Bertz CT molecular complexity index is 1140. The summed E-state index contributed by atoms with van der Waals surface area (Å²) in [6.45, 7) is 12.8. The zero-order valence-corrected chi connectivity index (χ0v) is 27.8. The first-order valence-corrected chi connectivity index (χ1v) is 17.5. The van der Waals surface area contributed by atoms with Crippen molar-refractivity contribution in [2.75, 3.05) is 19.7 Å². The smallest absolute Gasteiger partial charge is 0.306 e. The Morgan fingerprint density at radius 3 is 2.41 bits per heavy atom. The maximum Gasteiger partial charge on any atom is 0.306 e. The lowest BCUT2D eigenvalue weighted by molar-refractivity contribution is -0.665. The second kappa shape index (κ2) is 13.0. The molecule has 44 heavy (non-hydrogen) atoms. The third kappa shape index (κ3) is 6.30. The van der Waals surface area contributed by atoms with Crippen LogP contribution in [0.3, 0.4) is 0 Å². The van der Waals surface area contributed by atoms with Crippen molar-refractivity contribution in [1.29, 1.82) is 0 Å². The molecule has 0 aromatic carbocycles. The molecule has 2 N–H and O–H groups in total. The lowest BCUT2D eigenvalue weighted by Gasteiger charge is -2.58.